The number of aromatic nitrogens is 1. The zero-order valence-corrected chi connectivity index (χ0v) is 28.4. The Bertz CT molecular complexity index is 2460. The summed E-state index contributed by atoms with van der Waals surface area (Å²) in [6.45, 7) is 3.94. The summed E-state index contributed by atoms with van der Waals surface area (Å²) < 4.78 is 24.7. The van der Waals surface area contributed by atoms with Gasteiger partial charge in [0.25, 0.3) is 5.56 Å². The van der Waals surface area contributed by atoms with Crippen LogP contribution in [-0.2, 0) is 14.3 Å². The minimum absolute atomic E-state index is 0.139. The van der Waals surface area contributed by atoms with Gasteiger partial charge in [0.1, 0.15) is 23.3 Å². The van der Waals surface area contributed by atoms with E-state index in [0.717, 1.165) is 16.3 Å². The fourth-order valence-corrected chi connectivity index (χ4v) is 7.13. The summed E-state index contributed by atoms with van der Waals surface area (Å²) in [7, 11) is 1.57. The average Bonchev–Trinajstić information content (AvgIpc) is 3.74. The average molecular weight is 685 g/mol. The van der Waals surface area contributed by atoms with Gasteiger partial charge in [-0.3, -0.25) is 9.36 Å². The molecule has 0 fully saturated rings. The number of hydrogen-bond acceptors (Lipinski definition) is 9. The van der Waals surface area contributed by atoms with Gasteiger partial charge in [0, 0.05) is 22.8 Å². The van der Waals surface area contributed by atoms with Crippen LogP contribution in [-0.4, -0.2) is 36.8 Å². The van der Waals surface area contributed by atoms with E-state index in [-0.39, 0.29) is 17.7 Å². The lowest BCUT2D eigenvalue weighted by Crippen LogP contribution is -2.40. The summed E-state index contributed by atoms with van der Waals surface area (Å²) in [5.74, 6) is 0.564. The van der Waals surface area contributed by atoms with Crippen molar-refractivity contribution >= 4 is 45.8 Å². The van der Waals surface area contributed by atoms with Gasteiger partial charge in [-0.05, 0) is 55.0 Å². The van der Waals surface area contributed by atoms with Crippen LogP contribution in [0, 0.1) is 0 Å². The molecule has 250 valence electrons. The molecule has 6 aromatic rings. The van der Waals surface area contributed by atoms with Crippen LogP contribution < -0.4 is 19.6 Å². The van der Waals surface area contributed by atoms with E-state index >= 15 is 0 Å². The number of furan rings is 1. The Labute approximate surface area is 291 Å². The molecule has 0 spiro atoms. The highest BCUT2D eigenvalue weighted by molar-refractivity contribution is 7.07. The number of fused-ring (bicyclic) bond motifs is 2. The number of benzene rings is 4. The lowest BCUT2D eigenvalue weighted by Gasteiger charge is -2.28. The van der Waals surface area contributed by atoms with Gasteiger partial charge in [-0.1, -0.05) is 84.1 Å². The number of ether oxygens (including phenoxy) is 3. The first-order valence-corrected chi connectivity index (χ1v) is 16.9. The summed E-state index contributed by atoms with van der Waals surface area (Å²) in [5, 5.41) is 1.75. The predicted molar refractivity (Wildman–Crippen MR) is 192 cm³/mol. The molecule has 9 nitrogen and oxygen atoms in total. The van der Waals surface area contributed by atoms with Gasteiger partial charge in [-0.25, -0.2) is 14.6 Å². The molecule has 0 saturated heterocycles. The van der Waals surface area contributed by atoms with Gasteiger partial charge in [-0.2, -0.15) is 0 Å². The van der Waals surface area contributed by atoms with E-state index in [2.05, 4.69) is 0 Å². The highest BCUT2D eigenvalue weighted by Gasteiger charge is 2.37. The van der Waals surface area contributed by atoms with E-state index in [4.69, 9.17) is 23.6 Å². The smallest absolute Gasteiger partial charge is 0.338 e. The van der Waals surface area contributed by atoms with Crippen LogP contribution in [0.5, 0.6) is 5.75 Å². The topological polar surface area (TPSA) is 109 Å². The van der Waals surface area contributed by atoms with Crippen molar-refractivity contribution in [3.8, 4) is 17.1 Å². The molecule has 0 bridgehead atoms. The van der Waals surface area contributed by atoms with Crippen molar-refractivity contribution in [2.75, 3.05) is 20.3 Å². The Morgan fingerprint density at radius 2 is 1.56 bits per heavy atom. The molecule has 7 rings (SSSR count). The Balaban J connectivity index is 1.43. The van der Waals surface area contributed by atoms with Crippen molar-refractivity contribution in [3.05, 3.63) is 151 Å². The summed E-state index contributed by atoms with van der Waals surface area (Å²) >= 11 is 1.20. The van der Waals surface area contributed by atoms with Crippen LogP contribution in [0.3, 0.4) is 0 Å². The number of methoxy groups -OCH3 is 1. The third-order valence-electron chi connectivity index (χ3n) is 8.38. The second kappa shape index (κ2) is 13.9. The molecule has 3 heterocycles. The molecular formula is C40H32N2O7S. The number of carbonyl (C=O) groups is 2. The molecule has 10 heteroatoms. The molecule has 1 atom stereocenters. The van der Waals surface area contributed by atoms with Gasteiger partial charge in [0.2, 0.25) is 0 Å². The maximum atomic E-state index is 14.5. The molecule has 0 aliphatic carbocycles. The van der Waals surface area contributed by atoms with Crippen molar-refractivity contribution in [2.24, 2.45) is 4.99 Å². The zero-order valence-electron chi connectivity index (χ0n) is 27.5. The van der Waals surface area contributed by atoms with Gasteiger partial charge in [-0.15, -0.1) is 0 Å². The highest BCUT2D eigenvalue weighted by Crippen LogP contribution is 2.42. The number of nitrogens with zero attached hydrogens (tertiary/aromatic N) is 2. The minimum atomic E-state index is -0.922. The van der Waals surface area contributed by atoms with E-state index in [1.165, 1.54) is 11.3 Å². The van der Waals surface area contributed by atoms with Crippen LogP contribution in [0.15, 0.2) is 123 Å². The molecule has 1 aliphatic rings. The highest BCUT2D eigenvalue weighted by atomic mass is 32.1. The molecule has 0 N–H and O–H groups in total. The van der Waals surface area contributed by atoms with E-state index in [0.29, 0.717) is 55.6 Å². The fraction of sp³-hybridized carbons (Fsp3) is 0.150. The molecule has 4 aromatic carbocycles. The Hall–Kier alpha value is -6.00. The number of hydrogen-bond donors (Lipinski definition) is 0. The molecule has 1 aliphatic heterocycles. The molecule has 2 aromatic heterocycles. The molecule has 0 radical (unpaired) electrons. The first kappa shape index (κ1) is 32.5. The van der Waals surface area contributed by atoms with Gasteiger partial charge < -0.3 is 18.6 Å². The van der Waals surface area contributed by atoms with Crippen LogP contribution in [0.1, 0.15) is 47.1 Å². The second-order valence-electron chi connectivity index (χ2n) is 11.3. The van der Waals surface area contributed by atoms with E-state index in [1.54, 1.807) is 68.0 Å². The summed E-state index contributed by atoms with van der Waals surface area (Å²) in [6.07, 6.45) is 1.67. The third kappa shape index (κ3) is 5.94. The predicted octanol–water partition coefficient (Wildman–Crippen LogP) is 6.53. The molecule has 0 saturated carbocycles. The van der Waals surface area contributed by atoms with Gasteiger partial charge in [0.15, 0.2) is 4.80 Å². The monoisotopic (exact) mass is 684 g/mol. The zero-order chi connectivity index (χ0) is 34.8. The Morgan fingerprint density at radius 3 is 2.30 bits per heavy atom. The summed E-state index contributed by atoms with van der Waals surface area (Å²) in [6, 6.07) is 30.6. The Kier molecular flexibility index (Phi) is 9.02. The normalized spacial score (nSPS) is 14.3. The lowest BCUT2D eigenvalue weighted by atomic mass is 9.89. The Morgan fingerprint density at radius 1 is 0.840 bits per heavy atom. The molecule has 50 heavy (non-hydrogen) atoms. The SMILES string of the molecule is CCOC(=O)C1=C(c2ccccc2)N=c2s/c(=C\c3ccc(-c4ccc(C(=O)OCC)cc4)o3)c(=O)n2[C@H]1c1c(OC)ccc2ccccc12. The summed E-state index contributed by atoms with van der Waals surface area (Å²) in [5.41, 5.74) is 2.87. The van der Waals surface area contributed by atoms with Crippen molar-refractivity contribution in [1.82, 2.24) is 4.57 Å². The van der Waals surface area contributed by atoms with E-state index < -0.39 is 18.0 Å². The molecule has 0 unspecified atom stereocenters. The molecular weight excluding hydrogens is 653 g/mol. The lowest BCUT2D eigenvalue weighted by molar-refractivity contribution is -0.138. The number of carbonyl (C=O) groups excluding carboxylic acids is 2. The van der Waals surface area contributed by atoms with Crippen molar-refractivity contribution in [2.45, 2.75) is 19.9 Å². The van der Waals surface area contributed by atoms with Crippen LogP contribution in [0.25, 0.3) is 33.9 Å². The van der Waals surface area contributed by atoms with Gasteiger partial charge >= 0.3 is 11.9 Å². The van der Waals surface area contributed by atoms with Crippen molar-refractivity contribution < 1.29 is 28.2 Å². The number of thiazole rings is 1. The molecule has 0 amide bonds. The van der Waals surface area contributed by atoms with Crippen LogP contribution in [0.4, 0.5) is 0 Å². The van der Waals surface area contributed by atoms with Crippen molar-refractivity contribution in [3.63, 3.8) is 0 Å². The second-order valence-corrected chi connectivity index (χ2v) is 12.3. The van der Waals surface area contributed by atoms with E-state index in [9.17, 15) is 14.4 Å². The van der Waals surface area contributed by atoms with Gasteiger partial charge in [0.05, 0.1) is 41.7 Å². The minimum Gasteiger partial charge on any atom is -0.496 e. The quantitative estimate of drug-likeness (QED) is 0.159. The number of esters is 2. The summed E-state index contributed by atoms with van der Waals surface area (Å²) in [4.78, 5) is 46.0. The number of rotatable bonds is 9. The standard InChI is InChI=1S/C40H32N2O7S/c1-4-47-38(44)27-17-15-25(16-18-27)30-22-20-28(49-30)23-32-37(43)42-36(33-29-14-10-9-11-24(29)19-21-31(33)46-3)34(39(45)48-5-2)35(41-40(42)50-32)26-12-7-6-8-13-26/h6-23,36H,4-5H2,1-3H3/b32-23-/t36-/m0/s1. The first-order chi connectivity index (χ1) is 24.4. The largest absolute Gasteiger partial charge is 0.496 e. The first-order valence-electron chi connectivity index (χ1n) is 16.1. The fourth-order valence-electron chi connectivity index (χ4n) is 6.15. The van der Waals surface area contributed by atoms with E-state index in [1.807, 2.05) is 66.7 Å². The third-order valence-corrected chi connectivity index (χ3v) is 9.36. The maximum absolute atomic E-state index is 14.5. The van der Waals surface area contributed by atoms with Crippen molar-refractivity contribution in [1.29, 1.82) is 0 Å². The van der Waals surface area contributed by atoms with Crippen LogP contribution >= 0.6 is 11.3 Å². The maximum Gasteiger partial charge on any atom is 0.338 e. The van der Waals surface area contributed by atoms with Crippen LogP contribution in [0.2, 0.25) is 0 Å².